The molecule has 0 saturated carbocycles. The second kappa shape index (κ2) is 5.27. The van der Waals surface area contributed by atoms with Crippen LogP contribution in [0.25, 0.3) is 0 Å². The van der Waals surface area contributed by atoms with Crippen LogP contribution in [0.5, 0.6) is 0 Å². The molecule has 0 atom stereocenters. The quantitative estimate of drug-likeness (QED) is 0.655. The predicted octanol–water partition coefficient (Wildman–Crippen LogP) is 2.36. The first-order valence-corrected chi connectivity index (χ1v) is 4.54. The van der Waals surface area contributed by atoms with Crippen LogP contribution in [0.2, 0.25) is 0 Å². The Kier molecular flexibility index (Phi) is 5.07. The minimum atomic E-state index is 0. The number of hydrogen-bond donors (Lipinski definition) is 1. The van der Waals surface area contributed by atoms with Crippen LogP contribution < -0.4 is 5.73 Å². The Morgan fingerprint density at radius 2 is 2.00 bits per heavy atom. The van der Waals surface area contributed by atoms with Crippen LogP contribution in [-0.2, 0) is 0 Å². The van der Waals surface area contributed by atoms with E-state index in [1.807, 2.05) is 27.7 Å². The van der Waals surface area contributed by atoms with Crippen molar-refractivity contribution in [2.45, 2.75) is 33.7 Å². The van der Waals surface area contributed by atoms with Gasteiger partial charge in [-0.15, -0.1) is 11.3 Å². The Balaban J connectivity index is 0. The summed E-state index contributed by atoms with van der Waals surface area (Å²) >= 11 is 1.69. The molecule has 1 rings (SSSR count). The maximum Gasteiger partial charge on any atom is 0.0897 e. The molecule has 1 aromatic rings. The van der Waals surface area contributed by atoms with E-state index in [-0.39, 0.29) is 1.43 Å². The molecule has 0 spiro atoms. The second-order valence-corrected chi connectivity index (χ2v) is 3.81. The van der Waals surface area contributed by atoms with Crippen molar-refractivity contribution >= 4 is 11.3 Å². The lowest BCUT2D eigenvalue weighted by Gasteiger charge is -1.81. The lowest BCUT2D eigenvalue weighted by Crippen LogP contribution is -2.06. The van der Waals surface area contributed by atoms with Gasteiger partial charge in [0, 0.05) is 12.5 Å². The van der Waals surface area contributed by atoms with Crippen molar-refractivity contribution in [3.05, 3.63) is 16.1 Å². The zero-order valence-corrected chi connectivity index (χ0v) is 8.40. The molecule has 1 heterocycles. The largest absolute Gasteiger partial charge is 0.328 e. The molecule has 0 unspecified atom stereocenters. The smallest absolute Gasteiger partial charge is 0.0897 e. The van der Waals surface area contributed by atoms with E-state index in [0.717, 1.165) is 10.7 Å². The monoisotopic (exact) mass is 174 g/mol. The van der Waals surface area contributed by atoms with E-state index < -0.39 is 0 Å². The topological polar surface area (TPSA) is 38.9 Å². The average molecular weight is 174 g/mol. The lowest BCUT2D eigenvalue weighted by molar-refractivity contribution is 0.834. The highest BCUT2D eigenvalue weighted by molar-refractivity contribution is 7.09. The number of rotatable bonds is 0. The normalized spacial score (nSPS) is 9.27. The molecule has 0 aliphatic carbocycles. The number of thiazole rings is 1. The fourth-order valence-corrected chi connectivity index (χ4v) is 1.06. The summed E-state index contributed by atoms with van der Waals surface area (Å²) in [4.78, 5) is 4.13. The van der Waals surface area contributed by atoms with Gasteiger partial charge in [0.15, 0.2) is 0 Å². The van der Waals surface area contributed by atoms with Gasteiger partial charge in [-0.25, -0.2) is 4.98 Å². The third-order valence-corrected chi connectivity index (χ3v) is 1.63. The molecule has 0 fully saturated rings. The third kappa shape index (κ3) is 7.49. The van der Waals surface area contributed by atoms with Gasteiger partial charge in [-0.1, -0.05) is 13.8 Å². The highest BCUT2D eigenvalue weighted by Crippen LogP contribution is 2.04. The number of aryl methyl sites for hydroxylation is 2. The minimum Gasteiger partial charge on any atom is -0.328 e. The van der Waals surface area contributed by atoms with E-state index in [9.17, 15) is 0 Å². The van der Waals surface area contributed by atoms with Crippen LogP contribution >= 0.6 is 11.3 Å². The summed E-state index contributed by atoms with van der Waals surface area (Å²) in [6, 6.07) is 0.333. The molecule has 2 nitrogen and oxygen atoms in total. The van der Waals surface area contributed by atoms with Crippen molar-refractivity contribution in [2.75, 3.05) is 0 Å². The van der Waals surface area contributed by atoms with Crippen LogP contribution in [-0.4, -0.2) is 11.0 Å². The van der Waals surface area contributed by atoms with Gasteiger partial charge in [-0.3, -0.25) is 0 Å². The molecular weight excluding hydrogens is 156 g/mol. The second-order valence-electron chi connectivity index (χ2n) is 2.75. The van der Waals surface area contributed by atoms with Gasteiger partial charge in [-0.2, -0.15) is 0 Å². The molecule has 11 heavy (non-hydrogen) atoms. The van der Waals surface area contributed by atoms with Gasteiger partial charge >= 0.3 is 0 Å². The first-order chi connectivity index (χ1) is 5.02. The number of nitrogens with zero attached hydrogens (tertiary/aromatic N) is 1. The van der Waals surface area contributed by atoms with Crippen molar-refractivity contribution in [3.63, 3.8) is 0 Å². The molecule has 0 aromatic carbocycles. The summed E-state index contributed by atoms with van der Waals surface area (Å²) < 4.78 is 0. The molecular formula is C8H18N2S. The van der Waals surface area contributed by atoms with Crippen LogP contribution in [0.3, 0.4) is 0 Å². The number of nitrogens with two attached hydrogens (primary N) is 1. The fraction of sp³-hybridized carbons (Fsp3) is 0.625. The van der Waals surface area contributed by atoms with E-state index in [1.54, 1.807) is 11.3 Å². The van der Waals surface area contributed by atoms with E-state index >= 15 is 0 Å². The van der Waals surface area contributed by atoms with E-state index in [0.29, 0.717) is 6.04 Å². The Morgan fingerprint density at radius 3 is 2.09 bits per heavy atom. The zero-order valence-electron chi connectivity index (χ0n) is 7.59. The summed E-state index contributed by atoms with van der Waals surface area (Å²) in [7, 11) is 0. The van der Waals surface area contributed by atoms with Crippen molar-refractivity contribution in [3.8, 4) is 0 Å². The summed E-state index contributed by atoms with van der Waals surface area (Å²) in [6.45, 7) is 7.90. The maximum absolute atomic E-state index is 5.11. The van der Waals surface area contributed by atoms with Gasteiger partial charge in [0.25, 0.3) is 0 Å². The summed E-state index contributed by atoms with van der Waals surface area (Å²) in [5, 5.41) is 3.20. The van der Waals surface area contributed by atoms with E-state index in [4.69, 9.17) is 5.73 Å². The Hall–Kier alpha value is -0.410. The van der Waals surface area contributed by atoms with Crippen LogP contribution in [0.4, 0.5) is 0 Å². The summed E-state index contributed by atoms with van der Waals surface area (Å²) in [6.07, 6.45) is 0. The third-order valence-electron chi connectivity index (χ3n) is 0.734. The van der Waals surface area contributed by atoms with Gasteiger partial charge in [0.1, 0.15) is 0 Å². The number of hydrogen-bond acceptors (Lipinski definition) is 3. The summed E-state index contributed by atoms with van der Waals surface area (Å²) in [5.74, 6) is 0. The van der Waals surface area contributed by atoms with Gasteiger partial charge in [-0.05, 0) is 19.9 Å². The van der Waals surface area contributed by atoms with Crippen LogP contribution in [0, 0.1) is 13.8 Å². The molecule has 3 heteroatoms. The maximum atomic E-state index is 5.11. The Labute approximate surface area is 73.9 Å². The predicted molar refractivity (Wildman–Crippen MR) is 53.0 cm³/mol. The molecule has 0 saturated heterocycles. The van der Waals surface area contributed by atoms with Gasteiger partial charge in [0.2, 0.25) is 0 Å². The molecule has 0 aliphatic rings. The molecule has 0 amide bonds. The minimum absolute atomic E-state index is 0. The first kappa shape index (κ1) is 10.6. The summed E-state index contributed by atoms with van der Waals surface area (Å²) in [5.41, 5.74) is 6.24. The molecule has 0 aliphatic heterocycles. The van der Waals surface area contributed by atoms with E-state index in [1.165, 1.54) is 0 Å². The van der Waals surface area contributed by atoms with Crippen LogP contribution in [0.1, 0.15) is 26.0 Å². The van der Waals surface area contributed by atoms with Gasteiger partial charge < -0.3 is 5.73 Å². The first-order valence-electron chi connectivity index (χ1n) is 3.66. The molecule has 66 valence electrons. The van der Waals surface area contributed by atoms with Crippen molar-refractivity contribution in [2.24, 2.45) is 5.73 Å². The highest BCUT2D eigenvalue weighted by Gasteiger charge is 1.86. The number of aromatic nitrogens is 1. The Bertz CT molecular complexity index is 179. The van der Waals surface area contributed by atoms with Crippen molar-refractivity contribution < 1.29 is 1.43 Å². The fourth-order valence-electron chi connectivity index (χ4n) is 0.472. The zero-order chi connectivity index (χ0) is 8.85. The SMILES string of the molecule is CC(C)N.Cc1csc(C)n1.[HH]. The standard InChI is InChI=1S/C5H7NS.C3H9N.H2/c1-4-3-7-5(2)6-4;1-3(2)4;/h3H,1-2H3;3H,4H2,1-2H3;1H. The lowest BCUT2D eigenvalue weighted by atomic mass is 10.5. The average Bonchev–Trinajstić information content (AvgIpc) is 2.13. The molecule has 2 N–H and O–H groups in total. The van der Waals surface area contributed by atoms with Crippen LogP contribution in [0.15, 0.2) is 5.38 Å². The van der Waals surface area contributed by atoms with Crippen molar-refractivity contribution in [1.82, 2.24) is 4.98 Å². The molecule has 1 aromatic heterocycles. The Morgan fingerprint density at radius 1 is 1.55 bits per heavy atom. The van der Waals surface area contributed by atoms with Crippen molar-refractivity contribution in [1.29, 1.82) is 0 Å². The molecule has 0 radical (unpaired) electrons. The highest BCUT2D eigenvalue weighted by atomic mass is 32.1. The van der Waals surface area contributed by atoms with Gasteiger partial charge in [0.05, 0.1) is 5.01 Å². The van der Waals surface area contributed by atoms with E-state index in [2.05, 4.69) is 10.4 Å². The molecule has 0 bridgehead atoms.